The summed E-state index contributed by atoms with van der Waals surface area (Å²) in [5.74, 6) is -0.125. The Balaban J connectivity index is 1.42. The standard InChI is InChI=1S/C25H26N6OS2/c1-3-13-31-18-11-7-5-10-16(18)21-22(31)27-25(30-29-21)34-19(4-2)23(32)28-24-17(14-26)15-9-6-8-12-20(15)33-24/h5,7,10-11,19H,3-4,6,8-9,12-13H2,1-2H3,(H,28,32)/t19-/m0/s1. The number of benzene rings is 1. The van der Waals surface area contributed by atoms with Crippen LogP contribution in [0.4, 0.5) is 5.00 Å². The second-order valence-electron chi connectivity index (χ2n) is 8.47. The molecule has 3 aromatic heterocycles. The monoisotopic (exact) mass is 490 g/mol. The molecule has 34 heavy (non-hydrogen) atoms. The number of thiophene rings is 1. The first kappa shape index (κ1) is 22.8. The number of fused-ring (bicyclic) bond motifs is 4. The van der Waals surface area contributed by atoms with Gasteiger partial charge in [0, 0.05) is 16.8 Å². The fourth-order valence-electron chi connectivity index (χ4n) is 4.60. The first-order valence-electron chi connectivity index (χ1n) is 11.8. The van der Waals surface area contributed by atoms with E-state index in [0.29, 0.717) is 22.1 Å². The van der Waals surface area contributed by atoms with Gasteiger partial charge in [-0.25, -0.2) is 4.98 Å². The van der Waals surface area contributed by atoms with Crippen LogP contribution < -0.4 is 5.32 Å². The summed E-state index contributed by atoms with van der Waals surface area (Å²) >= 11 is 2.88. The molecule has 7 nitrogen and oxygen atoms in total. The molecule has 0 unspecified atom stereocenters. The molecule has 4 aromatic rings. The number of thioether (sulfide) groups is 1. The van der Waals surface area contributed by atoms with Crippen molar-refractivity contribution in [2.75, 3.05) is 5.32 Å². The van der Waals surface area contributed by atoms with Gasteiger partial charge in [0.2, 0.25) is 11.1 Å². The molecule has 1 atom stereocenters. The molecule has 0 saturated heterocycles. The Morgan fingerprint density at radius 3 is 2.88 bits per heavy atom. The number of nitriles is 1. The van der Waals surface area contributed by atoms with Crippen LogP contribution in [0.5, 0.6) is 0 Å². The van der Waals surface area contributed by atoms with E-state index in [1.165, 1.54) is 16.6 Å². The Hall–Kier alpha value is -2.96. The molecule has 0 fully saturated rings. The molecule has 9 heteroatoms. The third-order valence-electron chi connectivity index (χ3n) is 6.23. The quantitative estimate of drug-likeness (QED) is 0.333. The second-order valence-corrected chi connectivity index (χ2v) is 10.7. The van der Waals surface area contributed by atoms with Crippen LogP contribution in [0.15, 0.2) is 29.4 Å². The van der Waals surface area contributed by atoms with Crippen molar-refractivity contribution in [1.29, 1.82) is 5.26 Å². The number of anilines is 1. The summed E-state index contributed by atoms with van der Waals surface area (Å²) in [6, 6.07) is 10.5. The lowest BCUT2D eigenvalue weighted by molar-refractivity contribution is -0.115. The largest absolute Gasteiger partial charge is 0.324 e. The predicted molar refractivity (Wildman–Crippen MR) is 137 cm³/mol. The summed E-state index contributed by atoms with van der Waals surface area (Å²) in [7, 11) is 0. The molecule has 1 aliphatic carbocycles. The number of aromatic nitrogens is 4. The summed E-state index contributed by atoms with van der Waals surface area (Å²) in [6.07, 6.45) is 5.74. The SMILES string of the molecule is CCCn1c2ccccc2c2nnc(S[C@@H](CC)C(=O)Nc3sc4c(c3C#N)CCCC4)nc21. The highest BCUT2D eigenvalue weighted by Crippen LogP contribution is 2.38. The van der Waals surface area contributed by atoms with Gasteiger partial charge in [0.15, 0.2) is 5.65 Å². The van der Waals surface area contributed by atoms with E-state index in [1.807, 2.05) is 25.1 Å². The molecule has 3 heterocycles. The van der Waals surface area contributed by atoms with Gasteiger partial charge >= 0.3 is 0 Å². The number of hydrogen-bond acceptors (Lipinski definition) is 7. The Kier molecular flexibility index (Phi) is 6.53. The molecule has 1 N–H and O–H groups in total. The number of aryl methyl sites for hydroxylation is 2. The molecule has 1 amide bonds. The molecule has 0 bridgehead atoms. The van der Waals surface area contributed by atoms with Crippen molar-refractivity contribution < 1.29 is 4.79 Å². The van der Waals surface area contributed by atoms with E-state index in [9.17, 15) is 10.1 Å². The summed E-state index contributed by atoms with van der Waals surface area (Å²) in [6.45, 7) is 4.95. The van der Waals surface area contributed by atoms with E-state index >= 15 is 0 Å². The van der Waals surface area contributed by atoms with E-state index in [0.717, 1.165) is 66.3 Å². The van der Waals surface area contributed by atoms with Gasteiger partial charge in [-0.05, 0) is 50.2 Å². The maximum Gasteiger partial charge on any atom is 0.238 e. The van der Waals surface area contributed by atoms with Crippen molar-refractivity contribution >= 4 is 56.1 Å². The maximum atomic E-state index is 13.2. The number of carbonyl (C=O) groups is 1. The summed E-state index contributed by atoms with van der Waals surface area (Å²) in [4.78, 5) is 19.2. The fraction of sp³-hybridized carbons (Fsp3) is 0.400. The van der Waals surface area contributed by atoms with E-state index in [1.54, 1.807) is 11.3 Å². The van der Waals surface area contributed by atoms with Crippen molar-refractivity contribution in [3.8, 4) is 6.07 Å². The number of hydrogen-bond donors (Lipinski definition) is 1. The molecule has 1 aromatic carbocycles. The number of rotatable bonds is 7. The van der Waals surface area contributed by atoms with E-state index in [4.69, 9.17) is 4.98 Å². The first-order valence-corrected chi connectivity index (χ1v) is 13.5. The Morgan fingerprint density at radius 2 is 2.09 bits per heavy atom. The zero-order chi connectivity index (χ0) is 23.7. The van der Waals surface area contributed by atoms with Crippen molar-refractivity contribution in [3.05, 3.63) is 40.3 Å². The van der Waals surface area contributed by atoms with Crippen molar-refractivity contribution in [2.45, 2.75) is 69.3 Å². The number of nitrogens with one attached hydrogen (secondary N) is 1. The average Bonchev–Trinajstić information content (AvgIpc) is 3.37. The minimum absolute atomic E-state index is 0.125. The third-order valence-corrected chi connectivity index (χ3v) is 8.66. The summed E-state index contributed by atoms with van der Waals surface area (Å²) in [5.41, 5.74) is 4.44. The zero-order valence-electron chi connectivity index (χ0n) is 19.3. The van der Waals surface area contributed by atoms with Gasteiger partial charge in [0.25, 0.3) is 0 Å². The van der Waals surface area contributed by atoms with Crippen molar-refractivity contribution in [2.24, 2.45) is 0 Å². The lowest BCUT2D eigenvalue weighted by Gasteiger charge is -2.13. The van der Waals surface area contributed by atoms with Crippen LogP contribution in [0.25, 0.3) is 22.1 Å². The topological polar surface area (TPSA) is 96.5 Å². The van der Waals surface area contributed by atoms with E-state index in [-0.39, 0.29) is 11.2 Å². The average molecular weight is 491 g/mol. The van der Waals surface area contributed by atoms with Gasteiger partial charge in [-0.3, -0.25) is 4.79 Å². The second kappa shape index (κ2) is 9.72. The molecule has 174 valence electrons. The molecule has 0 saturated carbocycles. The first-order chi connectivity index (χ1) is 16.6. The highest BCUT2D eigenvalue weighted by Gasteiger charge is 2.26. The van der Waals surface area contributed by atoms with Gasteiger partial charge < -0.3 is 9.88 Å². The lowest BCUT2D eigenvalue weighted by atomic mass is 9.96. The lowest BCUT2D eigenvalue weighted by Crippen LogP contribution is -2.25. The number of carbonyl (C=O) groups excluding carboxylic acids is 1. The molecule has 1 aliphatic rings. The van der Waals surface area contributed by atoms with Gasteiger partial charge in [0.1, 0.15) is 16.6 Å². The van der Waals surface area contributed by atoms with Gasteiger partial charge in [-0.1, -0.05) is 43.8 Å². The minimum Gasteiger partial charge on any atom is -0.324 e. The van der Waals surface area contributed by atoms with E-state index < -0.39 is 0 Å². The molecular weight excluding hydrogens is 464 g/mol. The van der Waals surface area contributed by atoms with Crippen molar-refractivity contribution in [3.63, 3.8) is 0 Å². The van der Waals surface area contributed by atoms with Crippen LogP contribution in [0.2, 0.25) is 0 Å². The Bertz CT molecular complexity index is 1420. The number of nitrogens with zero attached hydrogens (tertiary/aromatic N) is 5. The smallest absolute Gasteiger partial charge is 0.238 e. The van der Waals surface area contributed by atoms with Crippen LogP contribution >= 0.6 is 23.1 Å². The normalized spacial score (nSPS) is 14.1. The molecular formula is C25H26N6OS2. The Morgan fingerprint density at radius 1 is 1.26 bits per heavy atom. The van der Waals surface area contributed by atoms with E-state index in [2.05, 4.69) is 39.1 Å². The highest BCUT2D eigenvalue weighted by molar-refractivity contribution is 8.00. The number of para-hydroxylation sites is 1. The van der Waals surface area contributed by atoms with Gasteiger partial charge in [-0.15, -0.1) is 21.5 Å². The molecule has 5 rings (SSSR count). The van der Waals surface area contributed by atoms with Crippen LogP contribution in [0.3, 0.4) is 0 Å². The summed E-state index contributed by atoms with van der Waals surface area (Å²) in [5, 5.41) is 23.4. The highest BCUT2D eigenvalue weighted by atomic mass is 32.2. The van der Waals surface area contributed by atoms with Crippen LogP contribution in [-0.4, -0.2) is 30.9 Å². The third kappa shape index (κ3) is 4.05. The molecule has 0 radical (unpaired) electrons. The van der Waals surface area contributed by atoms with Crippen molar-refractivity contribution in [1.82, 2.24) is 19.7 Å². The summed E-state index contributed by atoms with van der Waals surface area (Å²) < 4.78 is 2.18. The molecule has 0 spiro atoms. The van der Waals surface area contributed by atoms with Crippen LogP contribution in [0.1, 0.15) is 55.5 Å². The fourth-order valence-corrected chi connectivity index (χ4v) is 6.66. The molecule has 0 aliphatic heterocycles. The minimum atomic E-state index is -0.381. The zero-order valence-corrected chi connectivity index (χ0v) is 20.9. The van der Waals surface area contributed by atoms with Crippen LogP contribution in [-0.2, 0) is 24.2 Å². The number of amides is 1. The predicted octanol–water partition coefficient (Wildman–Crippen LogP) is 5.71. The van der Waals surface area contributed by atoms with Gasteiger partial charge in [-0.2, -0.15) is 5.26 Å². The van der Waals surface area contributed by atoms with Crippen LogP contribution in [0, 0.1) is 11.3 Å². The Labute approximate surface area is 206 Å². The van der Waals surface area contributed by atoms with Gasteiger partial charge in [0.05, 0.1) is 16.3 Å². The maximum absolute atomic E-state index is 13.2.